The molecule has 9 heteroatoms. The van der Waals surface area contributed by atoms with E-state index in [9.17, 15) is 17.6 Å². The number of amides is 1. The molecule has 3 aromatic carbocycles. The fourth-order valence-electron chi connectivity index (χ4n) is 3.20. The molecular weight excluding hydrogens is 419 g/mol. The molecule has 0 fully saturated rings. The highest BCUT2D eigenvalue weighted by Gasteiger charge is 2.18. The van der Waals surface area contributed by atoms with Crippen LogP contribution < -0.4 is 10.0 Å². The van der Waals surface area contributed by atoms with Crippen molar-refractivity contribution in [2.75, 3.05) is 10.0 Å². The van der Waals surface area contributed by atoms with E-state index < -0.39 is 21.7 Å². The molecule has 31 heavy (non-hydrogen) atoms. The standard InChI is InChI=1S/C22H19FN4O3S/c1-2-27-20-9-4-3-8-19(20)24-22(27)25-21(28)15-6-5-7-18(14-15)31(29,30)26-17-12-10-16(23)11-13-17/h3-14,26H,2H2,1H3,(H,24,25,28). The van der Waals surface area contributed by atoms with Crippen molar-refractivity contribution in [2.24, 2.45) is 0 Å². The molecule has 1 aromatic heterocycles. The summed E-state index contributed by atoms with van der Waals surface area (Å²) in [7, 11) is -3.96. The predicted molar refractivity (Wildman–Crippen MR) is 117 cm³/mol. The van der Waals surface area contributed by atoms with E-state index in [1.807, 2.05) is 35.8 Å². The summed E-state index contributed by atoms with van der Waals surface area (Å²) in [6.07, 6.45) is 0. The molecule has 0 aliphatic carbocycles. The molecule has 0 aliphatic rings. The molecule has 0 radical (unpaired) electrons. The van der Waals surface area contributed by atoms with Gasteiger partial charge in [-0.25, -0.2) is 17.8 Å². The Labute approximate surface area is 178 Å². The summed E-state index contributed by atoms with van der Waals surface area (Å²) in [6.45, 7) is 2.55. The molecule has 4 aromatic rings. The normalized spacial score (nSPS) is 11.4. The van der Waals surface area contributed by atoms with Gasteiger partial charge in [0.15, 0.2) is 0 Å². The van der Waals surface area contributed by atoms with Gasteiger partial charge in [0.25, 0.3) is 15.9 Å². The molecule has 0 saturated heterocycles. The number of imidazole rings is 1. The van der Waals surface area contributed by atoms with Crippen molar-refractivity contribution in [3.05, 3.63) is 84.2 Å². The summed E-state index contributed by atoms with van der Waals surface area (Å²) in [5.74, 6) is -0.574. The predicted octanol–water partition coefficient (Wildman–Crippen LogP) is 4.25. The number of hydrogen-bond acceptors (Lipinski definition) is 4. The topological polar surface area (TPSA) is 93.1 Å². The first kappa shape index (κ1) is 20.5. The Morgan fingerprint density at radius 1 is 1.03 bits per heavy atom. The smallest absolute Gasteiger partial charge is 0.261 e. The van der Waals surface area contributed by atoms with Crippen LogP contribution in [0.2, 0.25) is 0 Å². The van der Waals surface area contributed by atoms with Gasteiger partial charge in [0.05, 0.1) is 15.9 Å². The highest BCUT2D eigenvalue weighted by Crippen LogP contribution is 2.21. The van der Waals surface area contributed by atoms with Crippen LogP contribution in [0.25, 0.3) is 11.0 Å². The Morgan fingerprint density at radius 2 is 1.77 bits per heavy atom. The van der Waals surface area contributed by atoms with Gasteiger partial charge in [0, 0.05) is 17.8 Å². The van der Waals surface area contributed by atoms with Crippen LogP contribution in [0.3, 0.4) is 0 Å². The third kappa shape index (κ3) is 4.26. The van der Waals surface area contributed by atoms with Gasteiger partial charge in [-0.2, -0.15) is 0 Å². The number of fused-ring (bicyclic) bond motifs is 1. The summed E-state index contributed by atoms with van der Waals surface area (Å²) in [6, 6.07) is 18.1. The molecule has 0 spiro atoms. The second-order valence-corrected chi connectivity index (χ2v) is 8.45. The fourth-order valence-corrected chi connectivity index (χ4v) is 4.31. The van der Waals surface area contributed by atoms with E-state index in [4.69, 9.17) is 0 Å². The van der Waals surface area contributed by atoms with Gasteiger partial charge >= 0.3 is 0 Å². The van der Waals surface area contributed by atoms with E-state index in [0.29, 0.717) is 12.5 Å². The number of halogens is 1. The second kappa shape index (κ2) is 8.19. The minimum absolute atomic E-state index is 0.0894. The number of carbonyl (C=O) groups excluding carboxylic acids is 1. The first-order valence-electron chi connectivity index (χ1n) is 9.52. The van der Waals surface area contributed by atoms with E-state index >= 15 is 0 Å². The quantitative estimate of drug-likeness (QED) is 0.471. The summed E-state index contributed by atoms with van der Waals surface area (Å²) < 4.78 is 42.7. The van der Waals surface area contributed by atoms with E-state index in [1.54, 1.807) is 0 Å². The highest BCUT2D eigenvalue weighted by atomic mass is 32.2. The maximum Gasteiger partial charge on any atom is 0.261 e. The van der Waals surface area contributed by atoms with Gasteiger partial charge in [-0.1, -0.05) is 18.2 Å². The van der Waals surface area contributed by atoms with Crippen molar-refractivity contribution in [2.45, 2.75) is 18.4 Å². The number of sulfonamides is 1. The van der Waals surface area contributed by atoms with Crippen LogP contribution in [0.4, 0.5) is 16.0 Å². The lowest BCUT2D eigenvalue weighted by Crippen LogP contribution is -2.17. The van der Waals surface area contributed by atoms with Gasteiger partial charge in [-0.3, -0.25) is 14.8 Å². The van der Waals surface area contributed by atoms with Crippen LogP contribution in [-0.2, 0) is 16.6 Å². The third-order valence-corrected chi connectivity index (χ3v) is 6.08. The van der Waals surface area contributed by atoms with Crippen LogP contribution in [0, 0.1) is 5.82 Å². The van der Waals surface area contributed by atoms with E-state index in [-0.39, 0.29) is 16.1 Å². The zero-order chi connectivity index (χ0) is 22.0. The van der Waals surface area contributed by atoms with E-state index in [2.05, 4.69) is 15.0 Å². The Kier molecular flexibility index (Phi) is 5.43. The third-order valence-electron chi connectivity index (χ3n) is 4.70. The van der Waals surface area contributed by atoms with E-state index in [0.717, 1.165) is 23.2 Å². The Morgan fingerprint density at radius 3 is 2.52 bits per heavy atom. The maximum absolute atomic E-state index is 13.1. The number of nitrogens with one attached hydrogen (secondary N) is 2. The molecule has 7 nitrogen and oxygen atoms in total. The molecule has 0 unspecified atom stereocenters. The first-order chi connectivity index (χ1) is 14.9. The molecule has 0 saturated carbocycles. The van der Waals surface area contributed by atoms with Crippen LogP contribution in [0.1, 0.15) is 17.3 Å². The Hall–Kier alpha value is -3.72. The first-order valence-corrected chi connectivity index (χ1v) is 11.0. The van der Waals surface area contributed by atoms with Crippen molar-refractivity contribution in [3.8, 4) is 0 Å². The van der Waals surface area contributed by atoms with Crippen molar-refractivity contribution >= 4 is 38.6 Å². The van der Waals surface area contributed by atoms with Gasteiger partial charge in [-0.05, 0) is 61.5 Å². The summed E-state index contributed by atoms with van der Waals surface area (Å²) in [5.41, 5.74) is 2.02. The van der Waals surface area contributed by atoms with Crippen LogP contribution in [0.5, 0.6) is 0 Å². The molecular formula is C22H19FN4O3S. The fraction of sp³-hybridized carbons (Fsp3) is 0.0909. The molecule has 158 valence electrons. The van der Waals surface area contributed by atoms with Gasteiger partial charge in [0.1, 0.15) is 5.82 Å². The number of aromatic nitrogens is 2. The molecule has 0 atom stereocenters. The second-order valence-electron chi connectivity index (χ2n) is 6.76. The van der Waals surface area contributed by atoms with Gasteiger partial charge < -0.3 is 4.57 Å². The molecule has 4 rings (SSSR count). The molecule has 1 heterocycles. The number of benzene rings is 3. The number of hydrogen-bond donors (Lipinski definition) is 2. The number of carbonyl (C=O) groups is 1. The number of aryl methyl sites for hydroxylation is 1. The van der Waals surface area contributed by atoms with Gasteiger partial charge in [-0.15, -0.1) is 0 Å². The lowest BCUT2D eigenvalue weighted by Gasteiger charge is -2.10. The summed E-state index contributed by atoms with van der Waals surface area (Å²) in [5, 5.41) is 2.76. The zero-order valence-corrected chi connectivity index (χ0v) is 17.4. The number of para-hydroxylation sites is 2. The van der Waals surface area contributed by atoms with Crippen molar-refractivity contribution < 1.29 is 17.6 Å². The Balaban J connectivity index is 1.59. The zero-order valence-electron chi connectivity index (χ0n) is 16.5. The molecule has 0 bridgehead atoms. The summed E-state index contributed by atoms with van der Waals surface area (Å²) in [4.78, 5) is 17.2. The molecule has 2 N–H and O–H groups in total. The molecule has 0 aliphatic heterocycles. The number of anilines is 2. The highest BCUT2D eigenvalue weighted by molar-refractivity contribution is 7.92. The lowest BCUT2D eigenvalue weighted by atomic mass is 10.2. The largest absolute Gasteiger partial charge is 0.310 e. The monoisotopic (exact) mass is 438 g/mol. The van der Waals surface area contributed by atoms with Gasteiger partial charge in [0.2, 0.25) is 5.95 Å². The SMILES string of the molecule is CCn1c(NC(=O)c2cccc(S(=O)(=O)Nc3ccc(F)cc3)c2)nc2ccccc21. The molecule has 1 amide bonds. The van der Waals surface area contributed by atoms with Crippen molar-refractivity contribution in [1.29, 1.82) is 0 Å². The Bertz CT molecular complexity index is 1370. The average molecular weight is 438 g/mol. The van der Waals surface area contributed by atoms with Crippen LogP contribution in [-0.4, -0.2) is 23.9 Å². The van der Waals surface area contributed by atoms with Crippen LogP contribution in [0.15, 0.2) is 77.7 Å². The summed E-state index contributed by atoms with van der Waals surface area (Å²) >= 11 is 0. The lowest BCUT2D eigenvalue weighted by molar-refractivity contribution is 0.102. The van der Waals surface area contributed by atoms with Crippen LogP contribution >= 0.6 is 0 Å². The minimum Gasteiger partial charge on any atom is -0.310 e. The van der Waals surface area contributed by atoms with Crippen molar-refractivity contribution in [3.63, 3.8) is 0 Å². The average Bonchev–Trinajstić information content (AvgIpc) is 3.12. The minimum atomic E-state index is -3.96. The number of nitrogens with zero attached hydrogens (tertiary/aromatic N) is 2. The van der Waals surface area contributed by atoms with E-state index in [1.165, 1.54) is 36.4 Å². The maximum atomic E-state index is 13.1. The van der Waals surface area contributed by atoms with Crippen molar-refractivity contribution in [1.82, 2.24) is 9.55 Å². The number of rotatable bonds is 6.